The summed E-state index contributed by atoms with van der Waals surface area (Å²) in [5.74, 6) is 3.15. The largest absolute Gasteiger partial charge is 0.493 e. The van der Waals surface area contributed by atoms with Crippen molar-refractivity contribution in [2.75, 3.05) is 26.9 Å². The van der Waals surface area contributed by atoms with Crippen LogP contribution in [0.1, 0.15) is 49.1 Å². The summed E-state index contributed by atoms with van der Waals surface area (Å²) in [5, 5.41) is 3.91. The Hall–Kier alpha value is -2.50. The second-order valence-electron chi connectivity index (χ2n) is 6.70. The maximum atomic E-state index is 5.90. The average Bonchev–Trinajstić information content (AvgIpc) is 3.36. The Kier molecular flexibility index (Phi) is 7.13. The topological polar surface area (TPSA) is 66.1 Å². The predicted molar refractivity (Wildman–Crippen MR) is 104 cm³/mol. The molecule has 2 heterocycles. The summed E-state index contributed by atoms with van der Waals surface area (Å²) in [7, 11) is 1.65. The Bertz CT molecular complexity index is 754. The van der Waals surface area contributed by atoms with E-state index in [9.17, 15) is 0 Å². The standard InChI is InChI=1S/C21H28N2O4/c1-16-14-18(27-23-16)8-6-4-3-5-7-12-25-19-10-9-17(15-20(19)24-2)21-22-11-13-26-21/h9-10,14-15H,3-8,11-13H2,1-2H3. The van der Waals surface area contributed by atoms with Crippen LogP contribution in [0.5, 0.6) is 11.5 Å². The van der Waals surface area contributed by atoms with Crippen molar-refractivity contribution in [3.8, 4) is 11.5 Å². The van der Waals surface area contributed by atoms with Gasteiger partial charge in [0, 0.05) is 18.1 Å². The van der Waals surface area contributed by atoms with Gasteiger partial charge in [-0.3, -0.25) is 0 Å². The van der Waals surface area contributed by atoms with E-state index in [0.717, 1.165) is 48.5 Å². The van der Waals surface area contributed by atoms with E-state index in [1.807, 2.05) is 31.2 Å². The van der Waals surface area contributed by atoms with E-state index in [-0.39, 0.29) is 0 Å². The smallest absolute Gasteiger partial charge is 0.216 e. The van der Waals surface area contributed by atoms with Crippen molar-refractivity contribution in [3.05, 3.63) is 41.3 Å². The van der Waals surface area contributed by atoms with Crippen LogP contribution >= 0.6 is 0 Å². The molecule has 1 aliphatic heterocycles. The van der Waals surface area contributed by atoms with E-state index in [1.165, 1.54) is 12.8 Å². The number of methoxy groups -OCH3 is 1. The summed E-state index contributed by atoms with van der Waals surface area (Å²) in [6, 6.07) is 7.83. The minimum absolute atomic E-state index is 0.647. The number of aryl methyl sites for hydroxylation is 2. The molecule has 0 unspecified atom stereocenters. The normalized spacial score (nSPS) is 13.3. The molecule has 6 nitrogen and oxygen atoms in total. The molecule has 1 aliphatic rings. The van der Waals surface area contributed by atoms with Gasteiger partial charge in [0.15, 0.2) is 11.5 Å². The Balaban J connectivity index is 1.32. The molecule has 1 aromatic heterocycles. The van der Waals surface area contributed by atoms with Gasteiger partial charge >= 0.3 is 0 Å². The Morgan fingerprint density at radius 3 is 2.63 bits per heavy atom. The van der Waals surface area contributed by atoms with E-state index in [1.54, 1.807) is 7.11 Å². The van der Waals surface area contributed by atoms with Gasteiger partial charge in [0.2, 0.25) is 5.90 Å². The summed E-state index contributed by atoms with van der Waals surface area (Å²) in [5.41, 5.74) is 1.88. The molecule has 0 saturated heterocycles. The fraction of sp³-hybridized carbons (Fsp3) is 0.524. The number of hydrogen-bond donors (Lipinski definition) is 0. The molecule has 3 rings (SSSR count). The summed E-state index contributed by atoms with van der Waals surface area (Å²) >= 11 is 0. The van der Waals surface area contributed by atoms with E-state index < -0.39 is 0 Å². The second kappa shape index (κ2) is 10.00. The van der Waals surface area contributed by atoms with Crippen LogP contribution in [0, 0.1) is 6.92 Å². The van der Waals surface area contributed by atoms with Crippen molar-refractivity contribution >= 4 is 5.90 Å². The lowest BCUT2D eigenvalue weighted by Gasteiger charge is -2.12. The number of nitrogens with zero attached hydrogens (tertiary/aromatic N) is 2. The van der Waals surface area contributed by atoms with Gasteiger partial charge in [-0.25, -0.2) is 4.99 Å². The zero-order valence-corrected chi connectivity index (χ0v) is 16.2. The highest BCUT2D eigenvalue weighted by molar-refractivity contribution is 5.95. The fourth-order valence-electron chi connectivity index (χ4n) is 3.08. The number of ether oxygens (including phenoxy) is 3. The quantitative estimate of drug-likeness (QED) is 0.549. The third-order valence-corrected chi connectivity index (χ3v) is 4.50. The highest BCUT2D eigenvalue weighted by Crippen LogP contribution is 2.29. The van der Waals surface area contributed by atoms with Crippen molar-refractivity contribution in [3.63, 3.8) is 0 Å². The average molecular weight is 372 g/mol. The van der Waals surface area contributed by atoms with Gasteiger partial charge in [-0.15, -0.1) is 0 Å². The zero-order chi connectivity index (χ0) is 18.9. The first-order valence-electron chi connectivity index (χ1n) is 9.67. The van der Waals surface area contributed by atoms with Crippen LogP contribution in [0.2, 0.25) is 0 Å². The van der Waals surface area contributed by atoms with E-state index in [2.05, 4.69) is 10.1 Å². The molecule has 0 aliphatic carbocycles. The molecule has 6 heteroatoms. The number of benzene rings is 1. The van der Waals surface area contributed by atoms with Crippen molar-refractivity contribution in [2.45, 2.75) is 45.4 Å². The third kappa shape index (κ3) is 5.74. The second-order valence-corrected chi connectivity index (χ2v) is 6.70. The molecule has 2 aromatic rings. The molecule has 0 atom stereocenters. The van der Waals surface area contributed by atoms with Gasteiger partial charge < -0.3 is 18.7 Å². The summed E-state index contributed by atoms with van der Waals surface area (Å²) in [6.07, 6.45) is 6.68. The third-order valence-electron chi connectivity index (χ3n) is 4.50. The molecule has 0 spiro atoms. The molecule has 0 amide bonds. The number of unbranched alkanes of at least 4 members (excludes halogenated alkanes) is 4. The van der Waals surface area contributed by atoms with Crippen molar-refractivity contribution in [1.29, 1.82) is 0 Å². The molecular weight excluding hydrogens is 344 g/mol. The van der Waals surface area contributed by atoms with Gasteiger partial charge in [-0.05, 0) is 38.0 Å². The zero-order valence-electron chi connectivity index (χ0n) is 16.2. The van der Waals surface area contributed by atoms with E-state index >= 15 is 0 Å². The van der Waals surface area contributed by atoms with Crippen molar-refractivity contribution in [2.24, 2.45) is 4.99 Å². The number of hydrogen-bond acceptors (Lipinski definition) is 6. The first-order valence-corrected chi connectivity index (χ1v) is 9.67. The summed E-state index contributed by atoms with van der Waals surface area (Å²) in [6.45, 7) is 4.00. The highest BCUT2D eigenvalue weighted by atomic mass is 16.5. The molecule has 0 radical (unpaired) electrons. The Morgan fingerprint density at radius 1 is 1.04 bits per heavy atom. The van der Waals surface area contributed by atoms with Crippen LogP contribution in [0.3, 0.4) is 0 Å². The monoisotopic (exact) mass is 372 g/mol. The van der Waals surface area contributed by atoms with Crippen molar-refractivity contribution < 1.29 is 18.7 Å². The molecule has 27 heavy (non-hydrogen) atoms. The number of rotatable bonds is 11. The van der Waals surface area contributed by atoms with Gasteiger partial charge in [-0.1, -0.05) is 24.4 Å². The minimum Gasteiger partial charge on any atom is -0.493 e. The molecular formula is C21H28N2O4. The van der Waals surface area contributed by atoms with E-state index in [4.69, 9.17) is 18.7 Å². The fourth-order valence-corrected chi connectivity index (χ4v) is 3.08. The molecule has 0 N–H and O–H groups in total. The van der Waals surface area contributed by atoms with Crippen LogP contribution in [-0.2, 0) is 11.2 Å². The minimum atomic E-state index is 0.647. The summed E-state index contributed by atoms with van der Waals surface area (Å²) < 4.78 is 22.1. The first kappa shape index (κ1) is 19.3. The van der Waals surface area contributed by atoms with Crippen LogP contribution in [0.25, 0.3) is 0 Å². The molecule has 146 valence electrons. The Labute approximate surface area is 160 Å². The summed E-state index contributed by atoms with van der Waals surface area (Å²) in [4.78, 5) is 4.33. The lowest BCUT2D eigenvalue weighted by atomic mass is 10.1. The van der Waals surface area contributed by atoms with Gasteiger partial charge in [0.1, 0.15) is 12.4 Å². The van der Waals surface area contributed by atoms with Crippen molar-refractivity contribution in [1.82, 2.24) is 5.16 Å². The molecule has 0 saturated carbocycles. The first-order chi connectivity index (χ1) is 13.3. The SMILES string of the molecule is COc1cc(C2=NCCO2)ccc1OCCCCCCCc1cc(C)no1. The predicted octanol–water partition coefficient (Wildman–Crippen LogP) is 4.34. The van der Waals surface area contributed by atoms with Crippen LogP contribution in [-0.4, -0.2) is 37.9 Å². The molecule has 1 aromatic carbocycles. The highest BCUT2D eigenvalue weighted by Gasteiger charge is 2.13. The van der Waals surface area contributed by atoms with Gasteiger partial charge in [0.05, 0.1) is 26.0 Å². The van der Waals surface area contributed by atoms with Crippen LogP contribution in [0.4, 0.5) is 0 Å². The Morgan fingerprint density at radius 2 is 1.89 bits per heavy atom. The number of aromatic nitrogens is 1. The lowest BCUT2D eigenvalue weighted by Crippen LogP contribution is -2.04. The van der Waals surface area contributed by atoms with Gasteiger partial charge in [-0.2, -0.15) is 0 Å². The maximum Gasteiger partial charge on any atom is 0.216 e. The van der Waals surface area contributed by atoms with E-state index in [0.29, 0.717) is 31.4 Å². The molecule has 0 bridgehead atoms. The number of aliphatic imine (C=N–C) groups is 1. The lowest BCUT2D eigenvalue weighted by molar-refractivity contribution is 0.284. The molecule has 0 fully saturated rings. The maximum absolute atomic E-state index is 5.90. The van der Waals surface area contributed by atoms with Crippen LogP contribution in [0.15, 0.2) is 33.8 Å². The van der Waals surface area contributed by atoms with Gasteiger partial charge in [0.25, 0.3) is 0 Å². The van der Waals surface area contributed by atoms with Crippen LogP contribution < -0.4 is 9.47 Å².